The first-order valence-electron chi connectivity index (χ1n) is 8.79. The van der Waals surface area contributed by atoms with Gasteiger partial charge in [0.25, 0.3) is 0 Å². The summed E-state index contributed by atoms with van der Waals surface area (Å²) in [6.45, 7) is 3.20. The van der Waals surface area contributed by atoms with Gasteiger partial charge in [-0.05, 0) is 5.53 Å². The number of carbonyl (C=O) groups is 5. The second-order valence-corrected chi connectivity index (χ2v) is 6.06. The lowest BCUT2D eigenvalue weighted by Gasteiger charge is -2.44. The lowest BCUT2D eigenvalue weighted by atomic mass is 9.96. The Kier molecular flexibility index (Phi) is 10.0. The Balaban J connectivity index is 3.29. The van der Waals surface area contributed by atoms with Crippen LogP contribution in [0.3, 0.4) is 0 Å². The number of nitrogens with one attached hydrogen (secondary N) is 1. The Bertz CT molecular complexity index is 752. The van der Waals surface area contributed by atoms with Gasteiger partial charge in [0, 0.05) is 32.6 Å². The van der Waals surface area contributed by atoms with E-state index >= 15 is 0 Å². The monoisotopic (exact) mass is 446 g/mol. The molecule has 15 nitrogen and oxygen atoms in total. The third-order valence-electron chi connectivity index (χ3n) is 3.58. The van der Waals surface area contributed by atoms with Crippen LogP contribution in [0.5, 0.6) is 0 Å². The van der Waals surface area contributed by atoms with E-state index in [1.54, 1.807) is 0 Å². The molecule has 1 saturated heterocycles. The van der Waals surface area contributed by atoms with E-state index in [0.29, 0.717) is 0 Å². The van der Waals surface area contributed by atoms with Crippen LogP contribution in [0.4, 0.5) is 4.79 Å². The summed E-state index contributed by atoms with van der Waals surface area (Å²) in [6, 6.07) is -1.41. The number of hydrogen-bond donors (Lipinski definition) is 1. The van der Waals surface area contributed by atoms with Crippen LogP contribution in [0.2, 0.25) is 0 Å². The highest BCUT2D eigenvalue weighted by Gasteiger charge is 2.52. The standard InChI is InChI=1S/C16H22N4O11/c1-7(21)26-5-11-13(28-8(2)22)14(29-9(3)23)12(15(31-11)30-10(4)24)19-16(25)27-6-18-20-17/h11-15H,5-6H2,1-4H3,(H,19,25)/t11-,12-,13-,14-,15?/m1/s1. The number of nitrogens with zero attached hydrogens (tertiary/aromatic N) is 3. The van der Waals surface area contributed by atoms with Crippen molar-refractivity contribution in [2.75, 3.05) is 13.3 Å². The van der Waals surface area contributed by atoms with Crippen LogP contribution >= 0.6 is 0 Å². The van der Waals surface area contributed by atoms with E-state index in [4.69, 9.17) is 29.2 Å². The number of azide groups is 1. The molecule has 1 amide bonds. The van der Waals surface area contributed by atoms with E-state index in [1.807, 2.05) is 0 Å². The fourth-order valence-corrected chi connectivity index (χ4v) is 2.61. The predicted octanol–water partition coefficient (Wildman–Crippen LogP) is 0.0635. The molecule has 1 aliphatic heterocycles. The van der Waals surface area contributed by atoms with Gasteiger partial charge in [-0.2, -0.15) is 0 Å². The number of hydrogen-bond acceptors (Lipinski definition) is 12. The summed E-state index contributed by atoms with van der Waals surface area (Å²) in [5, 5.41) is 5.28. The van der Waals surface area contributed by atoms with Crippen LogP contribution in [0.15, 0.2) is 5.11 Å². The van der Waals surface area contributed by atoms with Crippen LogP contribution in [0, 0.1) is 0 Å². The lowest BCUT2D eigenvalue weighted by Crippen LogP contribution is -2.67. The van der Waals surface area contributed by atoms with Crippen LogP contribution in [0.1, 0.15) is 27.7 Å². The Hall–Kier alpha value is -3.58. The van der Waals surface area contributed by atoms with Crippen LogP contribution in [-0.2, 0) is 47.6 Å². The predicted molar refractivity (Wildman–Crippen MR) is 95.6 cm³/mol. The molecule has 1 aliphatic rings. The summed E-state index contributed by atoms with van der Waals surface area (Å²) in [7, 11) is 0. The molecule has 0 aromatic rings. The molecule has 0 spiro atoms. The molecule has 5 atom stereocenters. The summed E-state index contributed by atoms with van der Waals surface area (Å²) >= 11 is 0. The van der Waals surface area contributed by atoms with Gasteiger partial charge in [0.05, 0.1) is 0 Å². The van der Waals surface area contributed by atoms with Crippen LogP contribution in [0.25, 0.3) is 10.4 Å². The molecular formula is C16H22N4O11. The maximum atomic E-state index is 12.0. The zero-order chi connectivity index (χ0) is 23.6. The van der Waals surface area contributed by atoms with Gasteiger partial charge in [0.15, 0.2) is 18.9 Å². The summed E-state index contributed by atoms with van der Waals surface area (Å²) in [4.78, 5) is 60.5. The van der Waals surface area contributed by atoms with Crippen LogP contribution < -0.4 is 5.32 Å². The van der Waals surface area contributed by atoms with E-state index < -0.39 is 74.0 Å². The topological polar surface area (TPSA) is 202 Å². The Morgan fingerprint density at radius 2 is 1.48 bits per heavy atom. The van der Waals surface area contributed by atoms with E-state index in [0.717, 1.165) is 27.7 Å². The second-order valence-electron chi connectivity index (χ2n) is 6.06. The summed E-state index contributed by atoms with van der Waals surface area (Å²) in [5.74, 6) is -3.13. The summed E-state index contributed by atoms with van der Waals surface area (Å²) < 4.78 is 30.5. The zero-order valence-corrected chi connectivity index (χ0v) is 17.1. The molecule has 0 aliphatic carbocycles. The number of rotatable bonds is 8. The number of amides is 1. The molecule has 1 N–H and O–H groups in total. The maximum Gasteiger partial charge on any atom is 0.407 e. The third kappa shape index (κ3) is 8.76. The molecule has 1 rings (SSSR count). The molecule has 31 heavy (non-hydrogen) atoms. The fourth-order valence-electron chi connectivity index (χ4n) is 2.61. The third-order valence-corrected chi connectivity index (χ3v) is 3.58. The normalized spacial score (nSPS) is 24.6. The maximum absolute atomic E-state index is 12.0. The Morgan fingerprint density at radius 3 is 2.00 bits per heavy atom. The molecule has 0 bridgehead atoms. The minimum absolute atomic E-state index is 0.448. The Labute approximate surface area is 175 Å². The van der Waals surface area contributed by atoms with E-state index in [1.165, 1.54) is 0 Å². The molecule has 172 valence electrons. The highest BCUT2D eigenvalue weighted by atomic mass is 16.7. The first kappa shape index (κ1) is 25.5. The molecule has 0 aromatic heterocycles. The summed E-state index contributed by atoms with van der Waals surface area (Å²) in [6.07, 6.45) is -6.72. The van der Waals surface area contributed by atoms with Crippen molar-refractivity contribution >= 4 is 30.0 Å². The van der Waals surface area contributed by atoms with Gasteiger partial charge in [0.2, 0.25) is 6.29 Å². The average molecular weight is 446 g/mol. The molecule has 0 saturated carbocycles. The van der Waals surface area contributed by atoms with Gasteiger partial charge in [-0.25, -0.2) is 4.79 Å². The quantitative estimate of drug-likeness (QED) is 0.174. The number of alkyl carbamates (subject to hydrolysis) is 1. The average Bonchev–Trinajstić information content (AvgIpc) is 2.64. The van der Waals surface area contributed by atoms with Gasteiger partial charge >= 0.3 is 30.0 Å². The van der Waals surface area contributed by atoms with Gasteiger partial charge < -0.3 is 33.7 Å². The summed E-state index contributed by atoms with van der Waals surface area (Å²) in [5.41, 5.74) is 8.25. The highest BCUT2D eigenvalue weighted by Crippen LogP contribution is 2.28. The van der Waals surface area contributed by atoms with Gasteiger partial charge in [-0.3, -0.25) is 19.2 Å². The minimum Gasteiger partial charge on any atom is -0.463 e. The molecule has 0 aromatic carbocycles. The Morgan fingerprint density at radius 1 is 0.903 bits per heavy atom. The number of ether oxygens (including phenoxy) is 6. The van der Waals surface area contributed by atoms with Crippen molar-refractivity contribution < 1.29 is 52.4 Å². The van der Waals surface area contributed by atoms with Crippen LogP contribution in [-0.4, -0.2) is 74.0 Å². The van der Waals surface area contributed by atoms with Gasteiger partial charge in [-0.15, -0.1) is 0 Å². The lowest BCUT2D eigenvalue weighted by molar-refractivity contribution is -0.270. The van der Waals surface area contributed by atoms with Crippen molar-refractivity contribution in [3.63, 3.8) is 0 Å². The molecule has 1 fully saturated rings. The fraction of sp³-hybridized carbons (Fsp3) is 0.688. The number of carbonyl (C=O) groups excluding carboxylic acids is 5. The first-order valence-corrected chi connectivity index (χ1v) is 8.79. The van der Waals surface area contributed by atoms with Crippen molar-refractivity contribution in [2.24, 2.45) is 5.11 Å². The molecule has 15 heteroatoms. The first-order chi connectivity index (χ1) is 14.5. The van der Waals surface area contributed by atoms with E-state index in [9.17, 15) is 24.0 Å². The minimum atomic E-state index is -1.55. The van der Waals surface area contributed by atoms with Crippen molar-refractivity contribution in [1.82, 2.24) is 5.32 Å². The van der Waals surface area contributed by atoms with Crippen molar-refractivity contribution in [2.45, 2.75) is 58.3 Å². The van der Waals surface area contributed by atoms with Crippen molar-refractivity contribution in [3.05, 3.63) is 10.4 Å². The smallest absolute Gasteiger partial charge is 0.407 e. The van der Waals surface area contributed by atoms with Gasteiger partial charge in [-0.1, -0.05) is 5.11 Å². The highest BCUT2D eigenvalue weighted by molar-refractivity contribution is 5.70. The van der Waals surface area contributed by atoms with Crippen molar-refractivity contribution in [3.8, 4) is 0 Å². The second kappa shape index (κ2) is 12.2. The molecular weight excluding hydrogens is 424 g/mol. The van der Waals surface area contributed by atoms with Gasteiger partial charge in [0.1, 0.15) is 18.8 Å². The zero-order valence-electron chi connectivity index (χ0n) is 17.1. The SMILES string of the molecule is CC(=O)OC[C@H]1OC(OC(C)=O)[C@H](NC(=O)OCN=[N+]=[N-])[C@@H](OC(C)=O)[C@@H]1OC(C)=O. The van der Waals surface area contributed by atoms with Crippen molar-refractivity contribution in [1.29, 1.82) is 0 Å². The largest absolute Gasteiger partial charge is 0.463 e. The molecule has 1 unspecified atom stereocenters. The van der Waals surface area contributed by atoms with E-state index in [2.05, 4.69) is 20.1 Å². The molecule has 0 radical (unpaired) electrons. The van der Waals surface area contributed by atoms with E-state index in [-0.39, 0.29) is 0 Å². The molecule has 1 heterocycles. The number of esters is 4.